The van der Waals surface area contributed by atoms with Gasteiger partial charge in [0.25, 0.3) is 5.91 Å². The molecule has 2 aromatic rings. The SMILES string of the molecule is CNC(=O)CCNC(=O)[C@@H]1CCCN(C(=O)c2cccc3ccccc23)C1. The van der Waals surface area contributed by atoms with Crippen LogP contribution in [0.15, 0.2) is 42.5 Å². The summed E-state index contributed by atoms with van der Waals surface area (Å²) in [7, 11) is 1.57. The van der Waals surface area contributed by atoms with Crippen molar-refractivity contribution < 1.29 is 14.4 Å². The Balaban J connectivity index is 1.66. The standard InChI is InChI=1S/C21H25N3O3/c1-22-19(25)11-12-23-20(26)16-8-5-13-24(14-16)21(27)18-10-4-7-15-6-2-3-9-17(15)18/h2-4,6-7,9-10,16H,5,8,11-14H2,1H3,(H,22,25)(H,23,26)/t16-/m1/s1. The van der Waals surface area contributed by atoms with Gasteiger partial charge in [0.1, 0.15) is 0 Å². The van der Waals surface area contributed by atoms with Gasteiger partial charge in [-0.15, -0.1) is 0 Å². The van der Waals surface area contributed by atoms with Gasteiger partial charge in [0.15, 0.2) is 0 Å². The summed E-state index contributed by atoms with van der Waals surface area (Å²) in [5, 5.41) is 7.30. The van der Waals surface area contributed by atoms with Crippen molar-refractivity contribution >= 4 is 28.5 Å². The van der Waals surface area contributed by atoms with Gasteiger partial charge in [-0.2, -0.15) is 0 Å². The van der Waals surface area contributed by atoms with Crippen LogP contribution in [0.3, 0.4) is 0 Å². The minimum absolute atomic E-state index is 0.0327. The van der Waals surface area contributed by atoms with E-state index in [0.717, 1.165) is 23.6 Å². The fourth-order valence-corrected chi connectivity index (χ4v) is 3.53. The number of nitrogens with zero attached hydrogens (tertiary/aromatic N) is 1. The summed E-state index contributed by atoms with van der Waals surface area (Å²) in [6, 6.07) is 13.6. The van der Waals surface area contributed by atoms with Gasteiger partial charge >= 0.3 is 0 Å². The number of likely N-dealkylation sites (tertiary alicyclic amines) is 1. The molecule has 1 saturated heterocycles. The number of hydrogen-bond donors (Lipinski definition) is 2. The highest BCUT2D eigenvalue weighted by Crippen LogP contribution is 2.23. The van der Waals surface area contributed by atoms with E-state index in [2.05, 4.69) is 10.6 Å². The molecule has 6 heteroatoms. The topological polar surface area (TPSA) is 78.5 Å². The van der Waals surface area contributed by atoms with Crippen LogP contribution in [-0.4, -0.2) is 49.3 Å². The molecule has 6 nitrogen and oxygen atoms in total. The van der Waals surface area contributed by atoms with Crippen molar-refractivity contribution in [2.45, 2.75) is 19.3 Å². The quantitative estimate of drug-likeness (QED) is 0.848. The number of carbonyl (C=O) groups excluding carboxylic acids is 3. The number of fused-ring (bicyclic) bond motifs is 1. The number of amides is 3. The van der Waals surface area contributed by atoms with Gasteiger partial charge in [0.2, 0.25) is 11.8 Å². The van der Waals surface area contributed by atoms with E-state index in [1.54, 1.807) is 11.9 Å². The molecule has 3 rings (SSSR count). The lowest BCUT2D eigenvalue weighted by molar-refractivity contribution is -0.126. The fourth-order valence-electron chi connectivity index (χ4n) is 3.53. The minimum atomic E-state index is -0.234. The zero-order valence-corrected chi connectivity index (χ0v) is 15.5. The second kappa shape index (κ2) is 8.66. The summed E-state index contributed by atoms with van der Waals surface area (Å²) >= 11 is 0. The number of hydrogen-bond acceptors (Lipinski definition) is 3. The number of benzene rings is 2. The van der Waals surface area contributed by atoms with Crippen LogP contribution in [0.1, 0.15) is 29.6 Å². The van der Waals surface area contributed by atoms with Crippen molar-refractivity contribution in [3.05, 3.63) is 48.0 Å². The second-order valence-corrected chi connectivity index (χ2v) is 6.83. The molecule has 0 spiro atoms. The second-order valence-electron chi connectivity index (χ2n) is 6.83. The Hall–Kier alpha value is -2.89. The average molecular weight is 367 g/mol. The molecule has 1 fully saturated rings. The Morgan fingerprint density at radius 1 is 1.11 bits per heavy atom. The summed E-state index contributed by atoms with van der Waals surface area (Å²) in [4.78, 5) is 38.5. The van der Waals surface area contributed by atoms with Gasteiger partial charge in [-0.3, -0.25) is 14.4 Å². The van der Waals surface area contributed by atoms with Crippen LogP contribution in [0, 0.1) is 5.92 Å². The Labute approximate surface area is 158 Å². The largest absolute Gasteiger partial charge is 0.359 e. The highest BCUT2D eigenvalue weighted by atomic mass is 16.2. The lowest BCUT2D eigenvalue weighted by atomic mass is 9.95. The Morgan fingerprint density at radius 2 is 1.89 bits per heavy atom. The molecule has 1 aliphatic rings. The number of nitrogens with one attached hydrogen (secondary N) is 2. The molecule has 0 aromatic heterocycles. The highest BCUT2D eigenvalue weighted by molar-refractivity contribution is 6.07. The molecule has 2 aromatic carbocycles. The number of piperidine rings is 1. The summed E-state index contributed by atoms with van der Waals surface area (Å²) < 4.78 is 0. The van der Waals surface area contributed by atoms with Crippen LogP contribution in [0.2, 0.25) is 0 Å². The van der Waals surface area contributed by atoms with E-state index in [-0.39, 0.29) is 30.1 Å². The van der Waals surface area contributed by atoms with Gasteiger partial charge in [0, 0.05) is 38.7 Å². The molecule has 2 N–H and O–H groups in total. The Bertz CT molecular complexity index is 844. The third kappa shape index (κ3) is 4.45. The maximum absolute atomic E-state index is 13.1. The molecule has 0 saturated carbocycles. The molecule has 0 unspecified atom stereocenters. The minimum Gasteiger partial charge on any atom is -0.359 e. The fraction of sp³-hybridized carbons (Fsp3) is 0.381. The maximum atomic E-state index is 13.1. The lowest BCUT2D eigenvalue weighted by Crippen LogP contribution is -2.46. The van der Waals surface area contributed by atoms with Crippen LogP contribution >= 0.6 is 0 Å². The van der Waals surface area contributed by atoms with Crippen LogP contribution in [0.4, 0.5) is 0 Å². The molecule has 3 amide bonds. The predicted molar refractivity (Wildman–Crippen MR) is 104 cm³/mol. The predicted octanol–water partition coefficient (Wildman–Crippen LogP) is 1.94. The molecule has 0 radical (unpaired) electrons. The van der Waals surface area contributed by atoms with Crippen molar-refractivity contribution in [2.24, 2.45) is 5.92 Å². The van der Waals surface area contributed by atoms with E-state index in [9.17, 15) is 14.4 Å². The van der Waals surface area contributed by atoms with E-state index in [4.69, 9.17) is 0 Å². The first-order valence-electron chi connectivity index (χ1n) is 9.35. The summed E-state index contributed by atoms with van der Waals surface area (Å²) in [6.45, 7) is 1.38. The van der Waals surface area contributed by atoms with E-state index < -0.39 is 0 Å². The van der Waals surface area contributed by atoms with Gasteiger partial charge in [-0.25, -0.2) is 0 Å². The number of carbonyl (C=O) groups is 3. The normalized spacial score (nSPS) is 16.8. The molecule has 0 aliphatic carbocycles. The molecule has 0 bridgehead atoms. The third-order valence-corrected chi connectivity index (χ3v) is 5.03. The van der Waals surface area contributed by atoms with Crippen LogP contribution < -0.4 is 10.6 Å². The molecular formula is C21H25N3O3. The zero-order valence-electron chi connectivity index (χ0n) is 15.5. The highest BCUT2D eigenvalue weighted by Gasteiger charge is 2.29. The van der Waals surface area contributed by atoms with Gasteiger partial charge in [-0.05, 0) is 29.7 Å². The third-order valence-electron chi connectivity index (χ3n) is 5.03. The van der Waals surface area contributed by atoms with E-state index >= 15 is 0 Å². The van der Waals surface area contributed by atoms with E-state index in [0.29, 0.717) is 25.2 Å². The van der Waals surface area contributed by atoms with Gasteiger partial charge < -0.3 is 15.5 Å². The Kier molecular flexibility index (Phi) is 6.06. The van der Waals surface area contributed by atoms with Crippen molar-refractivity contribution in [1.29, 1.82) is 0 Å². The van der Waals surface area contributed by atoms with E-state index in [1.807, 2.05) is 42.5 Å². The van der Waals surface area contributed by atoms with Crippen molar-refractivity contribution in [3.63, 3.8) is 0 Å². The van der Waals surface area contributed by atoms with Gasteiger partial charge in [-0.1, -0.05) is 36.4 Å². The maximum Gasteiger partial charge on any atom is 0.254 e. The summed E-state index contributed by atoms with van der Waals surface area (Å²) in [5.41, 5.74) is 0.675. The van der Waals surface area contributed by atoms with Crippen molar-refractivity contribution in [1.82, 2.24) is 15.5 Å². The van der Waals surface area contributed by atoms with E-state index in [1.165, 1.54) is 0 Å². The molecule has 1 atom stereocenters. The molecule has 1 aliphatic heterocycles. The molecule has 1 heterocycles. The molecule has 27 heavy (non-hydrogen) atoms. The van der Waals surface area contributed by atoms with Crippen molar-refractivity contribution in [3.8, 4) is 0 Å². The lowest BCUT2D eigenvalue weighted by Gasteiger charge is -2.32. The van der Waals surface area contributed by atoms with Gasteiger partial charge in [0.05, 0.1) is 5.92 Å². The first kappa shape index (κ1) is 18.9. The summed E-state index contributed by atoms with van der Waals surface area (Å²) in [5.74, 6) is -0.460. The zero-order chi connectivity index (χ0) is 19.2. The number of rotatable bonds is 5. The van der Waals surface area contributed by atoms with Crippen LogP contribution in [0.25, 0.3) is 10.8 Å². The first-order chi connectivity index (χ1) is 13.1. The molecular weight excluding hydrogens is 342 g/mol. The van der Waals surface area contributed by atoms with Crippen molar-refractivity contribution in [2.75, 3.05) is 26.7 Å². The Morgan fingerprint density at radius 3 is 2.70 bits per heavy atom. The monoisotopic (exact) mass is 367 g/mol. The molecule has 142 valence electrons. The average Bonchev–Trinajstić information content (AvgIpc) is 2.72. The van der Waals surface area contributed by atoms with Crippen LogP contribution in [0.5, 0.6) is 0 Å². The summed E-state index contributed by atoms with van der Waals surface area (Å²) in [6.07, 6.45) is 1.81. The van der Waals surface area contributed by atoms with Crippen LogP contribution in [-0.2, 0) is 9.59 Å². The first-order valence-corrected chi connectivity index (χ1v) is 9.35. The smallest absolute Gasteiger partial charge is 0.254 e.